The predicted octanol–water partition coefficient (Wildman–Crippen LogP) is 2.69. The van der Waals surface area contributed by atoms with Gasteiger partial charge in [-0.2, -0.15) is 0 Å². The Hall–Kier alpha value is -1.52. The molecule has 0 aromatic heterocycles. The minimum atomic E-state index is 0.908. The summed E-state index contributed by atoms with van der Waals surface area (Å²) in [4.78, 5) is 0. The van der Waals surface area contributed by atoms with Gasteiger partial charge in [0, 0.05) is 18.3 Å². The van der Waals surface area contributed by atoms with Crippen molar-refractivity contribution >= 4 is 0 Å². The lowest BCUT2D eigenvalue weighted by Gasteiger charge is -1.93. The highest BCUT2D eigenvalue weighted by Gasteiger charge is 1.85. The number of hydrogen-bond acceptors (Lipinski definition) is 1. The molecule has 0 aliphatic rings. The average molecular weight is 188 g/mol. The summed E-state index contributed by atoms with van der Waals surface area (Å²) in [5.74, 6) is 12.8. The second-order valence-electron chi connectivity index (χ2n) is 2.95. The topological polar surface area (TPSA) is 20.2 Å². The molecular formula is C13H16O. The van der Waals surface area contributed by atoms with Crippen molar-refractivity contribution in [2.75, 3.05) is 0 Å². The first-order chi connectivity index (χ1) is 6.91. The van der Waals surface area contributed by atoms with Gasteiger partial charge < -0.3 is 5.11 Å². The summed E-state index contributed by atoms with van der Waals surface area (Å²) in [6, 6.07) is 0. The van der Waals surface area contributed by atoms with Crippen LogP contribution in [0.25, 0.3) is 0 Å². The summed E-state index contributed by atoms with van der Waals surface area (Å²) in [7, 11) is 0. The molecule has 0 aliphatic heterocycles. The molecule has 1 N–H and O–H groups in total. The highest BCUT2D eigenvalue weighted by molar-refractivity contribution is 5.34. The Morgan fingerprint density at radius 3 is 2.29 bits per heavy atom. The minimum Gasteiger partial charge on any atom is -0.461 e. The van der Waals surface area contributed by atoms with Gasteiger partial charge in [-0.25, -0.2) is 0 Å². The van der Waals surface area contributed by atoms with Crippen LogP contribution < -0.4 is 0 Å². The van der Waals surface area contributed by atoms with Crippen LogP contribution in [-0.2, 0) is 0 Å². The maximum Gasteiger partial charge on any atom is 0.122 e. The smallest absolute Gasteiger partial charge is 0.122 e. The predicted molar refractivity (Wildman–Crippen MR) is 58.6 cm³/mol. The molecular weight excluding hydrogens is 172 g/mol. The lowest BCUT2D eigenvalue weighted by Crippen LogP contribution is -1.75. The number of aliphatic hydroxyl groups excluding tert-OH is 1. The van der Waals surface area contributed by atoms with Gasteiger partial charge in [0.15, 0.2) is 0 Å². The molecule has 0 aromatic carbocycles. The highest BCUT2D eigenvalue weighted by atomic mass is 16.2. The average Bonchev–Trinajstić information content (AvgIpc) is 2.21. The van der Waals surface area contributed by atoms with Gasteiger partial charge in [0.2, 0.25) is 0 Å². The molecule has 1 nitrogen and oxygen atoms in total. The van der Waals surface area contributed by atoms with Crippen LogP contribution in [0.1, 0.15) is 45.4 Å². The third kappa shape index (κ3) is 10.5. The van der Waals surface area contributed by atoms with Gasteiger partial charge in [-0.15, -0.1) is 0 Å². The maximum atomic E-state index is 8.08. The molecule has 0 saturated heterocycles. The molecule has 74 valence electrons. The second-order valence-corrected chi connectivity index (χ2v) is 2.95. The quantitative estimate of drug-likeness (QED) is 0.519. The fraction of sp³-hybridized carbons (Fsp3) is 0.538. The van der Waals surface area contributed by atoms with Gasteiger partial charge in [0.05, 0.1) is 0 Å². The SMILES string of the molecule is CCCCCCCC#CC#CC#CO. The lowest BCUT2D eigenvalue weighted by molar-refractivity contribution is 0.517. The van der Waals surface area contributed by atoms with Gasteiger partial charge in [0.25, 0.3) is 0 Å². The first-order valence-electron chi connectivity index (χ1n) is 5.03. The van der Waals surface area contributed by atoms with E-state index in [9.17, 15) is 0 Å². The Morgan fingerprint density at radius 2 is 1.57 bits per heavy atom. The van der Waals surface area contributed by atoms with Crippen LogP contribution in [-0.4, -0.2) is 5.11 Å². The van der Waals surface area contributed by atoms with Crippen LogP contribution in [0.4, 0.5) is 0 Å². The van der Waals surface area contributed by atoms with E-state index < -0.39 is 0 Å². The number of hydrogen-bond donors (Lipinski definition) is 1. The van der Waals surface area contributed by atoms with Crippen LogP contribution in [0.5, 0.6) is 0 Å². The molecule has 0 fully saturated rings. The summed E-state index contributed by atoms with van der Waals surface area (Å²) in [6.45, 7) is 2.21. The molecule has 1 heteroatoms. The van der Waals surface area contributed by atoms with Crippen molar-refractivity contribution in [2.45, 2.75) is 45.4 Å². The monoisotopic (exact) mass is 188 g/mol. The first kappa shape index (κ1) is 12.5. The zero-order chi connectivity index (χ0) is 10.5. The molecule has 0 heterocycles. The van der Waals surface area contributed by atoms with Crippen LogP contribution in [0.3, 0.4) is 0 Å². The fourth-order valence-corrected chi connectivity index (χ4v) is 1.01. The second kappa shape index (κ2) is 11.5. The lowest BCUT2D eigenvalue weighted by atomic mass is 10.1. The van der Waals surface area contributed by atoms with E-state index in [2.05, 4.69) is 36.5 Å². The van der Waals surface area contributed by atoms with E-state index in [1.54, 1.807) is 6.11 Å². The van der Waals surface area contributed by atoms with Crippen LogP contribution in [0, 0.1) is 35.7 Å². The number of unbranched alkanes of at least 4 members (excludes halogenated alkanes) is 5. The third-order valence-electron chi connectivity index (χ3n) is 1.74. The summed E-state index contributed by atoms with van der Waals surface area (Å²) < 4.78 is 0. The van der Waals surface area contributed by atoms with Crippen molar-refractivity contribution in [1.29, 1.82) is 0 Å². The van der Waals surface area contributed by atoms with Crippen molar-refractivity contribution in [3.05, 3.63) is 0 Å². The largest absolute Gasteiger partial charge is 0.461 e. The zero-order valence-corrected chi connectivity index (χ0v) is 8.69. The van der Waals surface area contributed by atoms with Gasteiger partial charge in [-0.3, -0.25) is 0 Å². The third-order valence-corrected chi connectivity index (χ3v) is 1.74. The van der Waals surface area contributed by atoms with Gasteiger partial charge in [-0.1, -0.05) is 38.5 Å². The van der Waals surface area contributed by atoms with Crippen LogP contribution >= 0.6 is 0 Å². The van der Waals surface area contributed by atoms with Crippen LogP contribution in [0.15, 0.2) is 0 Å². The van der Waals surface area contributed by atoms with E-state index >= 15 is 0 Å². The number of rotatable bonds is 5. The fourth-order valence-electron chi connectivity index (χ4n) is 1.01. The van der Waals surface area contributed by atoms with Gasteiger partial charge in [0.1, 0.15) is 6.11 Å². The summed E-state index contributed by atoms with van der Waals surface area (Å²) in [5, 5.41) is 8.08. The molecule has 0 spiro atoms. The molecule has 14 heavy (non-hydrogen) atoms. The molecule has 0 aromatic rings. The Balaban J connectivity index is 3.34. The van der Waals surface area contributed by atoms with Crippen molar-refractivity contribution in [3.8, 4) is 35.7 Å². The molecule has 0 saturated carbocycles. The van der Waals surface area contributed by atoms with Gasteiger partial charge >= 0.3 is 0 Å². The van der Waals surface area contributed by atoms with Crippen molar-refractivity contribution < 1.29 is 5.11 Å². The Kier molecular flexibility index (Phi) is 10.2. The summed E-state index contributed by atoms with van der Waals surface area (Å²) >= 11 is 0. The highest BCUT2D eigenvalue weighted by Crippen LogP contribution is 2.03. The summed E-state index contributed by atoms with van der Waals surface area (Å²) in [6.07, 6.45) is 8.92. The molecule has 0 rings (SSSR count). The zero-order valence-electron chi connectivity index (χ0n) is 8.69. The van der Waals surface area contributed by atoms with E-state index in [4.69, 9.17) is 5.11 Å². The first-order valence-corrected chi connectivity index (χ1v) is 5.03. The Labute approximate surface area is 86.9 Å². The van der Waals surface area contributed by atoms with E-state index in [1.165, 1.54) is 25.7 Å². The van der Waals surface area contributed by atoms with E-state index in [0.29, 0.717) is 0 Å². The summed E-state index contributed by atoms with van der Waals surface area (Å²) in [5.41, 5.74) is 0. The Morgan fingerprint density at radius 1 is 0.857 bits per heavy atom. The van der Waals surface area contributed by atoms with Crippen LogP contribution in [0.2, 0.25) is 0 Å². The van der Waals surface area contributed by atoms with E-state index in [0.717, 1.165) is 12.8 Å². The van der Waals surface area contributed by atoms with E-state index in [1.807, 2.05) is 0 Å². The standard InChI is InChI=1S/C13H16O/c1-2-3-4-5-6-7-8-9-10-11-12-13-14/h14H,2-7H2,1H3. The molecule has 0 atom stereocenters. The van der Waals surface area contributed by atoms with Gasteiger partial charge in [-0.05, 0) is 18.3 Å². The van der Waals surface area contributed by atoms with Crippen molar-refractivity contribution in [1.82, 2.24) is 0 Å². The van der Waals surface area contributed by atoms with Crippen molar-refractivity contribution in [3.63, 3.8) is 0 Å². The maximum absolute atomic E-state index is 8.08. The minimum absolute atomic E-state index is 0.908. The van der Waals surface area contributed by atoms with Crippen molar-refractivity contribution in [2.24, 2.45) is 0 Å². The molecule has 0 radical (unpaired) electrons. The molecule has 0 bridgehead atoms. The number of aliphatic hydroxyl groups is 1. The molecule has 0 aliphatic carbocycles. The molecule has 0 unspecified atom stereocenters. The van der Waals surface area contributed by atoms with E-state index in [-0.39, 0.29) is 0 Å². The normalized spacial score (nSPS) is 7.21. The molecule has 0 amide bonds. The Bertz CT molecular complexity index is 295.